The van der Waals surface area contributed by atoms with E-state index in [-0.39, 0.29) is 11.8 Å². The molecule has 0 spiro atoms. The number of carbonyl (C=O) groups excluding carboxylic acids is 2. The molecule has 2 aromatic rings. The van der Waals surface area contributed by atoms with Crippen LogP contribution in [0.1, 0.15) is 22.3 Å². The largest absolute Gasteiger partial charge is 0.352 e. The maximum absolute atomic E-state index is 11.8. The Balaban J connectivity index is 1.63. The number of nitrogens with zero attached hydrogens (tertiary/aromatic N) is 1. The molecule has 0 fully saturated rings. The Bertz CT molecular complexity index is 717. The van der Waals surface area contributed by atoms with Gasteiger partial charge in [-0.3, -0.25) is 14.6 Å². The van der Waals surface area contributed by atoms with Crippen LogP contribution in [-0.2, 0) is 4.79 Å². The molecule has 0 aliphatic carbocycles. The summed E-state index contributed by atoms with van der Waals surface area (Å²) in [5, 5.41) is 6.16. The molecular weight excluding hydrogens is 326 g/mol. The van der Waals surface area contributed by atoms with E-state index in [1.807, 2.05) is 12.1 Å². The monoisotopic (exact) mass is 343 g/mol. The smallest absolute Gasteiger partial charge is 0.252 e. The van der Waals surface area contributed by atoms with E-state index in [0.29, 0.717) is 30.1 Å². The molecule has 1 heterocycles. The van der Waals surface area contributed by atoms with Gasteiger partial charge in [-0.2, -0.15) is 0 Å². The van der Waals surface area contributed by atoms with Crippen LogP contribution in [-0.4, -0.2) is 29.9 Å². The van der Waals surface area contributed by atoms with Crippen molar-refractivity contribution in [1.82, 2.24) is 15.6 Å². The zero-order valence-electron chi connectivity index (χ0n) is 13.0. The van der Waals surface area contributed by atoms with Crippen molar-refractivity contribution in [2.75, 3.05) is 13.1 Å². The van der Waals surface area contributed by atoms with Crippen LogP contribution >= 0.6 is 11.6 Å². The van der Waals surface area contributed by atoms with Crippen LogP contribution < -0.4 is 10.6 Å². The molecule has 6 heteroatoms. The summed E-state index contributed by atoms with van der Waals surface area (Å²) < 4.78 is 0. The molecule has 24 heavy (non-hydrogen) atoms. The first-order valence-corrected chi connectivity index (χ1v) is 7.92. The normalized spacial score (nSPS) is 10.5. The Morgan fingerprint density at radius 2 is 1.96 bits per heavy atom. The van der Waals surface area contributed by atoms with Gasteiger partial charge in [-0.1, -0.05) is 23.7 Å². The lowest BCUT2D eigenvalue weighted by molar-refractivity contribution is -0.116. The third-order valence-electron chi connectivity index (χ3n) is 3.14. The first-order valence-electron chi connectivity index (χ1n) is 7.55. The lowest BCUT2D eigenvalue weighted by atomic mass is 10.2. The molecule has 0 aliphatic heterocycles. The van der Waals surface area contributed by atoms with Crippen molar-refractivity contribution < 1.29 is 9.59 Å². The van der Waals surface area contributed by atoms with Crippen molar-refractivity contribution in [3.63, 3.8) is 0 Å². The number of benzene rings is 1. The van der Waals surface area contributed by atoms with Crippen molar-refractivity contribution in [2.24, 2.45) is 0 Å². The molecule has 0 saturated heterocycles. The van der Waals surface area contributed by atoms with E-state index in [1.54, 1.807) is 36.5 Å². The SMILES string of the molecule is O=C(/C=C/c1cccc(Cl)c1)NCCCNC(=O)c1cccnc1. The lowest BCUT2D eigenvalue weighted by Crippen LogP contribution is -2.29. The molecule has 0 atom stereocenters. The molecule has 0 aliphatic rings. The number of amides is 2. The van der Waals surface area contributed by atoms with Gasteiger partial charge in [0, 0.05) is 36.6 Å². The van der Waals surface area contributed by atoms with Crippen LogP contribution in [0.15, 0.2) is 54.9 Å². The molecule has 0 unspecified atom stereocenters. The molecule has 2 N–H and O–H groups in total. The van der Waals surface area contributed by atoms with E-state index < -0.39 is 0 Å². The van der Waals surface area contributed by atoms with E-state index in [0.717, 1.165) is 5.56 Å². The van der Waals surface area contributed by atoms with Gasteiger partial charge in [0.15, 0.2) is 0 Å². The standard InChI is InChI=1S/C18H18ClN3O2/c19-16-6-1-4-14(12-16)7-8-17(23)21-10-3-11-22-18(24)15-5-2-9-20-13-15/h1-2,4-9,12-13H,3,10-11H2,(H,21,23)(H,22,24)/b8-7+. The number of hydrogen-bond acceptors (Lipinski definition) is 3. The fourth-order valence-corrected chi connectivity index (χ4v) is 2.14. The molecule has 5 nitrogen and oxygen atoms in total. The first-order chi connectivity index (χ1) is 11.6. The number of hydrogen-bond donors (Lipinski definition) is 2. The minimum Gasteiger partial charge on any atom is -0.352 e. The molecule has 0 radical (unpaired) electrons. The number of pyridine rings is 1. The molecule has 1 aromatic heterocycles. The highest BCUT2D eigenvalue weighted by atomic mass is 35.5. The summed E-state index contributed by atoms with van der Waals surface area (Å²) in [5.41, 5.74) is 1.38. The number of carbonyl (C=O) groups is 2. The van der Waals surface area contributed by atoms with E-state index in [4.69, 9.17) is 11.6 Å². The Hall–Kier alpha value is -2.66. The molecule has 0 saturated carbocycles. The zero-order chi connectivity index (χ0) is 17.2. The van der Waals surface area contributed by atoms with Crippen LogP contribution in [0, 0.1) is 0 Å². The van der Waals surface area contributed by atoms with Crippen LogP contribution in [0.4, 0.5) is 0 Å². The van der Waals surface area contributed by atoms with Gasteiger partial charge in [0.05, 0.1) is 5.56 Å². The van der Waals surface area contributed by atoms with Gasteiger partial charge < -0.3 is 10.6 Å². The van der Waals surface area contributed by atoms with E-state index in [9.17, 15) is 9.59 Å². The van der Waals surface area contributed by atoms with Gasteiger partial charge in [-0.05, 0) is 42.3 Å². The summed E-state index contributed by atoms with van der Waals surface area (Å²) in [6, 6.07) is 10.7. The second kappa shape index (κ2) is 9.47. The third kappa shape index (κ3) is 6.22. The van der Waals surface area contributed by atoms with Crippen molar-refractivity contribution in [1.29, 1.82) is 0 Å². The van der Waals surface area contributed by atoms with Gasteiger partial charge >= 0.3 is 0 Å². The maximum Gasteiger partial charge on any atom is 0.252 e. The summed E-state index contributed by atoms with van der Waals surface area (Å²) >= 11 is 5.88. The quantitative estimate of drug-likeness (QED) is 0.599. The van der Waals surface area contributed by atoms with Gasteiger partial charge in [0.2, 0.25) is 5.91 Å². The summed E-state index contributed by atoms with van der Waals surface area (Å²) in [5.74, 6) is -0.358. The number of nitrogens with one attached hydrogen (secondary N) is 2. The van der Waals surface area contributed by atoms with Crippen molar-refractivity contribution >= 4 is 29.5 Å². The second-order valence-corrected chi connectivity index (χ2v) is 5.47. The number of halogens is 1. The van der Waals surface area contributed by atoms with Gasteiger partial charge in [-0.25, -0.2) is 0 Å². The van der Waals surface area contributed by atoms with E-state index in [2.05, 4.69) is 15.6 Å². The Kier molecular flexibility index (Phi) is 6.98. The number of aromatic nitrogens is 1. The van der Waals surface area contributed by atoms with Crippen molar-refractivity contribution in [3.8, 4) is 0 Å². The maximum atomic E-state index is 11.8. The van der Waals surface area contributed by atoms with Crippen LogP contribution in [0.2, 0.25) is 5.02 Å². The number of rotatable bonds is 7. The summed E-state index contributed by atoms with van der Waals surface area (Å²) in [6.45, 7) is 0.956. The highest BCUT2D eigenvalue weighted by Gasteiger charge is 2.03. The second-order valence-electron chi connectivity index (χ2n) is 5.03. The van der Waals surface area contributed by atoms with Crippen molar-refractivity contribution in [2.45, 2.75) is 6.42 Å². The summed E-state index contributed by atoms with van der Waals surface area (Å²) in [4.78, 5) is 27.4. The first kappa shape index (κ1) is 17.7. The molecule has 0 bridgehead atoms. The van der Waals surface area contributed by atoms with Gasteiger partial charge in [0.25, 0.3) is 5.91 Å². The van der Waals surface area contributed by atoms with Crippen LogP contribution in [0.3, 0.4) is 0 Å². The van der Waals surface area contributed by atoms with E-state index >= 15 is 0 Å². The van der Waals surface area contributed by atoms with Crippen molar-refractivity contribution in [3.05, 3.63) is 71.0 Å². The molecule has 1 aromatic carbocycles. The predicted octanol–water partition coefficient (Wildman–Crippen LogP) is 2.68. The molecule has 2 rings (SSSR count). The molecule has 124 valence electrons. The van der Waals surface area contributed by atoms with Gasteiger partial charge in [-0.15, -0.1) is 0 Å². The van der Waals surface area contributed by atoms with E-state index in [1.165, 1.54) is 12.3 Å². The summed E-state index contributed by atoms with van der Waals surface area (Å²) in [7, 11) is 0. The van der Waals surface area contributed by atoms with Crippen LogP contribution in [0.25, 0.3) is 6.08 Å². The highest BCUT2D eigenvalue weighted by Crippen LogP contribution is 2.11. The minimum absolute atomic E-state index is 0.171. The fraction of sp³-hybridized carbons (Fsp3) is 0.167. The Morgan fingerprint density at radius 3 is 2.71 bits per heavy atom. The lowest BCUT2D eigenvalue weighted by Gasteiger charge is -2.05. The highest BCUT2D eigenvalue weighted by molar-refractivity contribution is 6.30. The Labute approximate surface area is 145 Å². The predicted molar refractivity (Wildman–Crippen MR) is 94.7 cm³/mol. The van der Waals surface area contributed by atoms with Gasteiger partial charge in [0.1, 0.15) is 0 Å². The third-order valence-corrected chi connectivity index (χ3v) is 3.37. The average molecular weight is 344 g/mol. The molecular formula is C18H18ClN3O2. The molecule has 2 amide bonds. The summed E-state index contributed by atoms with van der Waals surface area (Å²) in [6.07, 6.45) is 6.93. The fourth-order valence-electron chi connectivity index (χ4n) is 1.94. The topological polar surface area (TPSA) is 71.1 Å². The zero-order valence-corrected chi connectivity index (χ0v) is 13.8. The minimum atomic E-state index is -0.187. The average Bonchev–Trinajstić information content (AvgIpc) is 2.60. The van der Waals surface area contributed by atoms with Crippen LogP contribution in [0.5, 0.6) is 0 Å². The Morgan fingerprint density at radius 1 is 1.12 bits per heavy atom.